The van der Waals surface area contributed by atoms with E-state index in [0.29, 0.717) is 11.9 Å². The first-order valence-electron chi connectivity index (χ1n) is 6.88. The first-order valence-corrected chi connectivity index (χ1v) is 6.88. The highest BCUT2D eigenvalue weighted by Crippen LogP contribution is 2.23. The fourth-order valence-electron chi connectivity index (χ4n) is 2.41. The molecule has 1 aromatic carbocycles. The third kappa shape index (κ3) is 3.17. The molecule has 0 aliphatic rings. The summed E-state index contributed by atoms with van der Waals surface area (Å²) < 4.78 is 5.09. The van der Waals surface area contributed by atoms with Gasteiger partial charge in [-0.1, -0.05) is 24.3 Å². The Morgan fingerprint density at radius 1 is 1.20 bits per heavy atom. The van der Waals surface area contributed by atoms with E-state index >= 15 is 0 Å². The molecule has 3 nitrogen and oxygen atoms in total. The zero-order valence-electron chi connectivity index (χ0n) is 12.6. The smallest absolute Gasteiger partial charge is 0.212 e. The molecule has 1 atom stereocenters. The van der Waals surface area contributed by atoms with E-state index < -0.39 is 0 Å². The second kappa shape index (κ2) is 6.53. The molecule has 0 spiro atoms. The number of likely N-dealkylation sites (N-methyl/N-ethyl adjacent to an activating group) is 1. The highest BCUT2D eigenvalue weighted by Gasteiger charge is 2.13. The Morgan fingerprint density at radius 3 is 2.60 bits per heavy atom. The van der Waals surface area contributed by atoms with E-state index in [-0.39, 0.29) is 0 Å². The Labute approximate surface area is 121 Å². The number of aryl methyl sites for hydroxylation is 1. The third-order valence-corrected chi connectivity index (χ3v) is 3.82. The molecule has 0 fully saturated rings. The van der Waals surface area contributed by atoms with E-state index in [4.69, 9.17) is 4.74 Å². The van der Waals surface area contributed by atoms with Gasteiger partial charge in [0.15, 0.2) is 0 Å². The van der Waals surface area contributed by atoms with Crippen LogP contribution < -0.4 is 10.1 Å². The lowest BCUT2D eigenvalue weighted by Gasteiger charge is -2.20. The Bertz CT molecular complexity index is 564. The van der Waals surface area contributed by atoms with Crippen LogP contribution in [0.15, 0.2) is 36.5 Å². The van der Waals surface area contributed by atoms with Crippen LogP contribution in [0.1, 0.15) is 28.3 Å². The van der Waals surface area contributed by atoms with Gasteiger partial charge in [-0.2, -0.15) is 0 Å². The van der Waals surface area contributed by atoms with Gasteiger partial charge in [0.1, 0.15) is 0 Å². The van der Waals surface area contributed by atoms with Gasteiger partial charge in [-0.3, -0.25) is 0 Å². The van der Waals surface area contributed by atoms with Gasteiger partial charge >= 0.3 is 0 Å². The fourth-order valence-corrected chi connectivity index (χ4v) is 2.41. The average molecular weight is 270 g/mol. The van der Waals surface area contributed by atoms with Gasteiger partial charge in [0.2, 0.25) is 5.88 Å². The van der Waals surface area contributed by atoms with Gasteiger partial charge in [0, 0.05) is 18.3 Å². The van der Waals surface area contributed by atoms with Crippen molar-refractivity contribution < 1.29 is 4.74 Å². The zero-order valence-corrected chi connectivity index (χ0v) is 12.6. The quantitative estimate of drug-likeness (QED) is 0.906. The highest BCUT2D eigenvalue weighted by molar-refractivity contribution is 5.36. The monoisotopic (exact) mass is 270 g/mol. The summed E-state index contributed by atoms with van der Waals surface area (Å²) in [6, 6.07) is 10.7. The van der Waals surface area contributed by atoms with Crippen LogP contribution in [0.25, 0.3) is 0 Å². The second-order valence-electron chi connectivity index (χ2n) is 5.04. The lowest BCUT2D eigenvalue weighted by atomic mass is 9.93. The summed E-state index contributed by atoms with van der Waals surface area (Å²) in [7, 11) is 3.64. The summed E-state index contributed by atoms with van der Waals surface area (Å²) in [5, 5.41) is 3.40. The van der Waals surface area contributed by atoms with Gasteiger partial charge in [0.25, 0.3) is 0 Å². The van der Waals surface area contributed by atoms with Crippen molar-refractivity contribution in [2.24, 2.45) is 0 Å². The fraction of sp³-hybridized carbons (Fsp3) is 0.353. The Hall–Kier alpha value is -1.87. The molecule has 0 aliphatic heterocycles. The lowest BCUT2D eigenvalue weighted by Crippen LogP contribution is -2.20. The molecule has 0 saturated heterocycles. The molecule has 0 aliphatic carbocycles. The van der Waals surface area contributed by atoms with Gasteiger partial charge in [-0.15, -0.1) is 0 Å². The Balaban J connectivity index is 2.21. The van der Waals surface area contributed by atoms with Crippen molar-refractivity contribution in [3.8, 4) is 5.88 Å². The predicted molar refractivity (Wildman–Crippen MR) is 82.2 cm³/mol. The summed E-state index contributed by atoms with van der Waals surface area (Å²) in [4.78, 5) is 4.27. The molecule has 1 N–H and O–H groups in total. The minimum absolute atomic E-state index is 0.296. The van der Waals surface area contributed by atoms with Crippen LogP contribution in [0.5, 0.6) is 5.88 Å². The van der Waals surface area contributed by atoms with E-state index in [1.165, 1.54) is 22.3 Å². The molecule has 0 saturated carbocycles. The van der Waals surface area contributed by atoms with E-state index in [1.807, 2.05) is 19.3 Å². The van der Waals surface area contributed by atoms with E-state index in [1.54, 1.807) is 7.11 Å². The van der Waals surface area contributed by atoms with Crippen LogP contribution in [0, 0.1) is 13.8 Å². The molecule has 1 unspecified atom stereocenters. The molecule has 0 bridgehead atoms. The van der Waals surface area contributed by atoms with Crippen LogP contribution in [0.2, 0.25) is 0 Å². The van der Waals surface area contributed by atoms with E-state index in [2.05, 4.69) is 48.4 Å². The first-order chi connectivity index (χ1) is 9.65. The molecule has 0 amide bonds. The maximum atomic E-state index is 5.09. The second-order valence-corrected chi connectivity index (χ2v) is 5.04. The van der Waals surface area contributed by atoms with Crippen LogP contribution in [-0.2, 0) is 6.42 Å². The first kappa shape index (κ1) is 14.5. The zero-order chi connectivity index (χ0) is 14.5. The van der Waals surface area contributed by atoms with Crippen molar-refractivity contribution in [3.05, 3.63) is 58.8 Å². The largest absolute Gasteiger partial charge is 0.481 e. The van der Waals surface area contributed by atoms with Crippen molar-refractivity contribution >= 4 is 0 Å². The number of pyridine rings is 1. The maximum Gasteiger partial charge on any atom is 0.212 e. The number of benzene rings is 1. The molecule has 106 valence electrons. The predicted octanol–water partition coefficient (Wildman–Crippen LogP) is 3.21. The normalized spacial score (nSPS) is 12.2. The van der Waals surface area contributed by atoms with Crippen molar-refractivity contribution in [1.29, 1.82) is 0 Å². The number of hydrogen-bond donors (Lipinski definition) is 1. The van der Waals surface area contributed by atoms with Crippen molar-refractivity contribution in [1.82, 2.24) is 10.3 Å². The topological polar surface area (TPSA) is 34.1 Å². The van der Waals surface area contributed by atoms with Crippen LogP contribution in [0.3, 0.4) is 0 Å². The molecule has 1 heterocycles. The number of rotatable bonds is 5. The SMILES string of the molecule is CNC(Cc1ccc(OC)nc1)c1cccc(C)c1C. The summed E-state index contributed by atoms with van der Waals surface area (Å²) in [5.74, 6) is 0.654. The highest BCUT2D eigenvalue weighted by atomic mass is 16.5. The van der Waals surface area contributed by atoms with Crippen LogP contribution >= 0.6 is 0 Å². The summed E-state index contributed by atoms with van der Waals surface area (Å²) in [6.07, 6.45) is 2.80. The Morgan fingerprint density at radius 2 is 2.00 bits per heavy atom. The molecule has 2 rings (SSSR count). The molecule has 20 heavy (non-hydrogen) atoms. The molecule has 2 aromatic rings. The number of ether oxygens (including phenoxy) is 1. The van der Waals surface area contributed by atoms with Gasteiger partial charge in [-0.05, 0) is 49.6 Å². The summed E-state index contributed by atoms with van der Waals surface area (Å²) >= 11 is 0. The van der Waals surface area contributed by atoms with Gasteiger partial charge in [-0.25, -0.2) is 4.98 Å². The summed E-state index contributed by atoms with van der Waals surface area (Å²) in [5.41, 5.74) is 5.23. The number of aromatic nitrogens is 1. The minimum Gasteiger partial charge on any atom is -0.481 e. The molecular weight excluding hydrogens is 248 g/mol. The van der Waals surface area contributed by atoms with Gasteiger partial charge in [0.05, 0.1) is 7.11 Å². The standard InChI is InChI=1S/C17H22N2O/c1-12-6-5-7-15(13(12)2)16(18-3)10-14-8-9-17(20-4)19-11-14/h5-9,11,16,18H,10H2,1-4H3. The molecule has 1 aromatic heterocycles. The number of methoxy groups -OCH3 is 1. The number of hydrogen-bond acceptors (Lipinski definition) is 3. The summed E-state index contributed by atoms with van der Waals surface area (Å²) in [6.45, 7) is 4.34. The average Bonchev–Trinajstić information content (AvgIpc) is 2.48. The van der Waals surface area contributed by atoms with Crippen LogP contribution in [-0.4, -0.2) is 19.1 Å². The van der Waals surface area contributed by atoms with E-state index in [0.717, 1.165) is 6.42 Å². The molecule has 3 heteroatoms. The van der Waals surface area contributed by atoms with Crippen LogP contribution in [0.4, 0.5) is 0 Å². The minimum atomic E-state index is 0.296. The number of nitrogens with zero attached hydrogens (tertiary/aromatic N) is 1. The molecular formula is C17H22N2O. The van der Waals surface area contributed by atoms with E-state index in [9.17, 15) is 0 Å². The third-order valence-electron chi connectivity index (χ3n) is 3.82. The van der Waals surface area contributed by atoms with Gasteiger partial charge < -0.3 is 10.1 Å². The molecule has 0 radical (unpaired) electrons. The number of nitrogens with one attached hydrogen (secondary N) is 1. The van der Waals surface area contributed by atoms with Crippen molar-refractivity contribution in [2.75, 3.05) is 14.2 Å². The maximum absolute atomic E-state index is 5.09. The lowest BCUT2D eigenvalue weighted by molar-refractivity contribution is 0.397. The van der Waals surface area contributed by atoms with Crippen molar-refractivity contribution in [3.63, 3.8) is 0 Å². The van der Waals surface area contributed by atoms with Crippen molar-refractivity contribution in [2.45, 2.75) is 26.3 Å². The Kier molecular flexibility index (Phi) is 4.74.